The highest BCUT2D eigenvalue weighted by Crippen LogP contribution is 2.22. The Hall–Kier alpha value is -2.49. The molecule has 0 fully saturated rings. The molecule has 0 amide bonds. The van der Waals surface area contributed by atoms with Crippen LogP contribution in [-0.2, 0) is 7.05 Å². The van der Waals surface area contributed by atoms with Crippen LogP contribution < -0.4 is 5.56 Å². The van der Waals surface area contributed by atoms with Crippen molar-refractivity contribution >= 4 is 33.5 Å². The summed E-state index contributed by atoms with van der Waals surface area (Å²) in [6.45, 7) is 6.17. The fourth-order valence-electron chi connectivity index (χ4n) is 3.19. The van der Waals surface area contributed by atoms with E-state index in [9.17, 15) is 4.79 Å². The maximum atomic E-state index is 13.1. The van der Waals surface area contributed by atoms with Crippen LogP contribution in [0.15, 0.2) is 41.5 Å². The van der Waals surface area contributed by atoms with Crippen molar-refractivity contribution in [1.29, 1.82) is 0 Å². The number of fused-ring (bicyclic) bond motifs is 1. The van der Waals surface area contributed by atoms with Crippen LogP contribution >= 0.6 is 22.6 Å². The van der Waals surface area contributed by atoms with Gasteiger partial charge in [-0.25, -0.2) is 4.98 Å². The van der Waals surface area contributed by atoms with Gasteiger partial charge in [-0.05, 0) is 73.2 Å². The summed E-state index contributed by atoms with van der Waals surface area (Å²) in [4.78, 5) is 17.8. The predicted octanol–water partition coefficient (Wildman–Crippen LogP) is 3.48. The molecule has 27 heavy (non-hydrogen) atoms. The van der Waals surface area contributed by atoms with Crippen molar-refractivity contribution in [2.45, 2.75) is 26.8 Å². The van der Waals surface area contributed by atoms with Crippen molar-refractivity contribution in [3.8, 4) is 17.3 Å². The highest BCUT2D eigenvalue weighted by atomic mass is 127. The lowest BCUT2D eigenvalue weighted by atomic mass is 10.2. The normalized spacial score (nSPS) is 11.6. The van der Waals surface area contributed by atoms with Crippen LogP contribution in [0.5, 0.6) is 0 Å². The second-order valence-corrected chi connectivity index (χ2v) is 7.96. The van der Waals surface area contributed by atoms with Crippen LogP contribution in [-0.4, -0.2) is 29.1 Å². The fourth-order valence-corrected chi connectivity index (χ4v) is 3.66. The molecule has 1 aromatic carbocycles. The minimum absolute atomic E-state index is 0.0830. The molecule has 4 rings (SSSR count). The van der Waals surface area contributed by atoms with Gasteiger partial charge < -0.3 is 4.57 Å². The van der Waals surface area contributed by atoms with Gasteiger partial charge in [0.25, 0.3) is 5.56 Å². The van der Waals surface area contributed by atoms with Crippen molar-refractivity contribution in [2.75, 3.05) is 0 Å². The SMILES string of the molecule is Cc1cc2c(cc1I)c(=O)n(-c1cccc(-c3nncn3C(C)C)n1)n2C. The second kappa shape index (κ2) is 6.59. The third kappa shape index (κ3) is 2.88. The quantitative estimate of drug-likeness (QED) is 0.427. The molecule has 0 bridgehead atoms. The zero-order valence-electron chi connectivity index (χ0n) is 15.5. The first kappa shape index (κ1) is 17.9. The molecule has 0 radical (unpaired) electrons. The van der Waals surface area contributed by atoms with E-state index >= 15 is 0 Å². The molecular formula is C19H19IN6O. The van der Waals surface area contributed by atoms with Crippen LogP contribution in [0.4, 0.5) is 0 Å². The lowest BCUT2D eigenvalue weighted by Crippen LogP contribution is -2.20. The highest BCUT2D eigenvalue weighted by Gasteiger charge is 2.17. The number of aryl methyl sites for hydroxylation is 2. The van der Waals surface area contributed by atoms with E-state index in [1.54, 1.807) is 11.0 Å². The maximum absolute atomic E-state index is 13.1. The second-order valence-electron chi connectivity index (χ2n) is 6.80. The first-order valence-corrected chi connectivity index (χ1v) is 9.71. The topological polar surface area (TPSA) is 70.5 Å². The Morgan fingerprint density at radius 2 is 1.96 bits per heavy atom. The smallest absolute Gasteiger partial charge is 0.280 e. The number of hydrogen-bond acceptors (Lipinski definition) is 4. The third-order valence-corrected chi connectivity index (χ3v) is 5.82. The van der Waals surface area contributed by atoms with Crippen LogP contribution in [0, 0.1) is 10.5 Å². The summed E-state index contributed by atoms with van der Waals surface area (Å²) in [5.41, 5.74) is 2.63. The lowest BCUT2D eigenvalue weighted by Gasteiger charge is -2.11. The molecule has 138 valence electrons. The zero-order valence-corrected chi connectivity index (χ0v) is 17.7. The highest BCUT2D eigenvalue weighted by molar-refractivity contribution is 14.1. The number of rotatable bonds is 3. The molecule has 7 nitrogen and oxygen atoms in total. The monoisotopic (exact) mass is 474 g/mol. The van der Waals surface area contributed by atoms with Crippen LogP contribution in [0.3, 0.4) is 0 Å². The molecular weight excluding hydrogens is 455 g/mol. The molecule has 0 spiro atoms. The van der Waals surface area contributed by atoms with E-state index < -0.39 is 0 Å². The van der Waals surface area contributed by atoms with Crippen molar-refractivity contribution < 1.29 is 0 Å². The van der Waals surface area contributed by atoms with Gasteiger partial charge in [0, 0.05) is 16.7 Å². The Morgan fingerprint density at radius 1 is 1.19 bits per heavy atom. The van der Waals surface area contributed by atoms with Gasteiger partial charge in [-0.1, -0.05) is 6.07 Å². The van der Waals surface area contributed by atoms with Gasteiger partial charge in [-0.3, -0.25) is 9.48 Å². The average molecular weight is 474 g/mol. The van der Waals surface area contributed by atoms with E-state index in [2.05, 4.69) is 46.6 Å². The maximum Gasteiger partial charge on any atom is 0.280 e. The third-order valence-electron chi connectivity index (χ3n) is 4.66. The molecule has 0 N–H and O–H groups in total. The minimum Gasteiger partial charge on any atom is -0.310 e. The molecule has 0 aliphatic carbocycles. The van der Waals surface area contributed by atoms with Crippen molar-refractivity contribution in [3.05, 3.63) is 56.1 Å². The molecule has 0 saturated heterocycles. The zero-order chi connectivity index (χ0) is 19.3. The summed E-state index contributed by atoms with van der Waals surface area (Å²) in [7, 11) is 1.88. The Labute approximate surface area is 169 Å². The Morgan fingerprint density at radius 3 is 2.70 bits per heavy atom. The van der Waals surface area contributed by atoms with E-state index in [1.807, 2.05) is 53.6 Å². The fraction of sp³-hybridized carbons (Fsp3) is 0.263. The molecule has 0 atom stereocenters. The molecule has 8 heteroatoms. The van der Waals surface area contributed by atoms with E-state index in [0.717, 1.165) is 14.7 Å². The van der Waals surface area contributed by atoms with Gasteiger partial charge in [0.1, 0.15) is 12.0 Å². The van der Waals surface area contributed by atoms with Crippen LogP contribution in [0.1, 0.15) is 25.5 Å². The molecule has 4 aromatic rings. The summed E-state index contributed by atoms with van der Waals surface area (Å²) < 4.78 is 6.48. The van der Waals surface area contributed by atoms with E-state index in [-0.39, 0.29) is 11.6 Å². The summed E-state index contributed by atoms with van der Waals surface area (Å²) >= 11 is 2.26. The van der Waals surface area contributed by atoms with Crippen molar-refractivity contribution in [3.63, 3.8) is 0 Å². The summed E-state index contributed by atoms with van der Waals surface area (Å²) in [6.07, 6.45) is 1.70. The number of aromatic nitrogens is 6. The van der Waals surface area contributed by atoms with E-state index in [1.165, 1.54) is 0 Å². The van der Waals surface area contributed by atoms with Gasteiger partial charge in [0.15, 0.2) is 11.6 Å². The number of nitrogens with zero attached hydrogens (tertiary/aromatic N) is 6. The van der Waals surface area contributed by atoms with Crippen molar-refractivity contribution in [1.82, 2.24) is 29.1 Å². The number of benzene rings is 1. The van der Waals surface area contributed by atoms with Crippen molar-refractivity contribution in [2.24, 2.45) is 7.05 Å². The van der Waals surface area contributed by atoms with Gasteiger partial charge in [-0.15, -0.1) is 10.2 Å². The minimum atomic E-state index is -0.0830. The molecule has 3 aromatic heterocycles. The van der Waals surface area contributed by atoms with Gasteiger partial charge in [0.05, 0.1) is 10.9 Å². The van der Waals surface area contributed by atoms with Gasteiger partial charge in [-0.2, -0.15) is 4.68 Å². The summed E-state index contributed by atoms with van der Waals surface area (Å²) in [5.74, 6) is 1.24. The largest absolute Gasteiger partial charge is 0.310 e. The molecule has 0 aliphatic heterocycles. The number of hydrogen-bond donors (Lipinski definition) is 0. The summed E-state index contributed by atoms with van der Waals surface area (Å²) in [5, 5.41) is 8.90. The van der Waals surface area contributed by atoms with E-state index in [4.69, 9.17) is 4.98 Å². The Kier molecular flexibility index (Phi) is 4.37. The number of halogens is 1. The summed E-state index contributed by atoms with van der Waals surface area (Å²) in [6, 6.07) is 9.78. The first-order valence-electron chi connectivity index (χ1n) is 8.63. The lowest BCUT2D eigenvalue weighted by molar-refractivity contribution is 0.602. The van der Waals surface area contributed by atoms with Gasteiger partial charge >= 0.3 is 0 Å². The first-order chi connectivity index (χ1) is 12.9. The van der Waals surface area contributed by atoms with Crippen LogP contribution in [0.25, 0.3) is 28.2 Å². The average Bonchev–Trinajstić information content (AvgIpc) is 3.21. The Bertz CT molecular complexity index is 1220. The molecule has 0 saturated carbocycles. The molecule has 0 aliphatic rings. The molecule has 3 heterocycles. The number of pyridine rings is 1. The van der Waals surface area contributed by atoms with Gasteiger partial charge in [0.2, 0.25) is 0 Å². The van der Waals surface area contributed by atoms with E-state index in [0.29, 0.717) is 22.7 Å². The van der Waals surface area contributed by atoms with Crippen LogP contribution in [0.2, 0.25) is 0 Å². The predicted molar refractivity (Wildman–Crippen MR) is 113 cm³/mol. The standard InChI is InChI=1S/C19H19IN6O/c1-11(2)25-10-21-23-18(25)15-6-5-7-17(22-15)26-19(27)13-9-14(20)12(3)8-16(13)24(26)4/h5-11H,1-4H3. The Balaban J connectivity index is 1.93. The molecule has 0 unspecified atom stereocenters.